The van der Waals surface area contributed by atoms with Gasteiger partial charge >= 0.3 is 16.3 Å². The van der Waals surface area contributed by atoms with Crippen LogP contribution in [0.3, 0.4) is 0 Å². The SMILES string of the molecule is O=C(OC1C2CC3COC1C3C2)OC(C1CCCC1)S(=O)(=O)O. The molecule has 8 heteroatoms. The van der Waals surface area contributed by atoms with Gasteiger partial charge in [0.2, 0.25) is 5.44 Å². The van der Waals surface area contributed by atoms with Gasteiger partial charge in [0, 0.05) is 5.92 Å². The predicted molar refractivity (Wildman–Crippen MR) is 78.1 cm³/mol. The van der Waals surface area contributed by atoms with Gasteiger partial charge in [-0.2, -0.15) is 8.42 Å². The quantitative estimate of drug-likeness (QED) is 0.613. The third kappa shape index (κ3) is 2.74. The highest BCUT2D eigenvalue weighted by atomic mass is 32.2. The maximum atomic E-state index is 12.1. The van der Waals surface area contributed by atoms with E-state index in [0.717, 1.165) is 32.3 Å². The predicted octanol–water partition coefficient (Wildman–Crippen LogP) is 1.97. The van der Waals surface area contributed by atoms with E-state index in [9.17, 15) is 17.8 Å². The Morgan fingerprint density at radius 3 is 2.61 bits per heavy atom. The maximum Gasteiger partial charge on any atom is 0.510 e. The van der Waals surface area contributed by atoms with Crippen LogP contribution in [0.15, 0.2) is 0 Å². The first-order chi connectivity index (χ1) is 10.9. The van der Waals surface area contributed by atoms with E-state index in [4.69, 9.17) is 14.2 Å². The minimum atomic E-state index is -4.45. The summed E-state index contributed by atoms with van der Waals surface area (Å²) >= 11 is 0. The van der Waals surface area contributed by atoms with Crippen molar-refractivity contribution < 1.29 is 32.0 Å². The van der Waals surface area contributed by atoms with Crippen molar-refractivity contribution in [3.8, 4) is 0 Å². The molecule has 3 saturated carbocycles. The average molecular weight is 346 g/mol. The zero-order valence-corrected chi connectivity index (χ0v) is 13.6. The van der Waals surface area contributed by atoms with Crippen LogP contribution >= 0.6 is 0 Å². The van der Waals surface area contributed by atoms with Crippen LogP contribution in [0, 0.1) is 23.7 Å². The van der Waals surface area contributed by atoms with Gasteiger partial charge in [-0.05, 0) is 43.4 Å². The molecule has 3 aliphatic carbocycles. The number of rotatable bonds is 4. The van der Waals surface area contributed by atoms with Crippen LogP contribution in [0.2, 0.25) is 0 Å². The van der Waals surface area contributed by atoms with E-state index in [2.05, 4.69) is 0 Å². The molecule has 1 heterocycles. The first-order valence-corrected chi connectivity index (χ1v) is 9.89. The number of hydrogen-bond donors (Lipinski definition) is 1. The summed E-state index contributed by atoms with van der Waals surface area (Å²) in [6.45, 7) is 0.719. The van der Waals surface area contributed by atoms with Crippen molar-refractivity contribution >= 4 is 16.3 Å². The van der Waals surface area contributed by atoms with E-state index in [1.54, 1.807) is 0 Å². The molecule has 0 aromatic rings. The van der Waals surface area contributed by atoms with Crippen LogP contribution in [0.5, 0.6) is 0 Å². The molecule has 0 aromatic carbocycles. The van der Waals surface area contributed by atoms with Crippen molar-refractivity contribution in [3.63, 3.8) is 0 Å². The molecule has 1 saturated heterocycles. The fourth-order valence-electron chi connectivity index (χ4n) is 5.06. The highest BCUT2D eigenvalue weighted by Gasteiger charge is 2.59. The van der Waals surface area contributed by atoms with Gasteiger partial charge in [-0.1, -0.05) is 12.8 Å². The molecule has 23 heavy (non-hydrogen) atoms. The molecule has 4 fully saturated rings. The Kier molecular flexibility index (Phi) is 3.81. The van der Waals surface area contributed by atoms with Crippen LogP contribution in [0.1, 0.15) is 38.5 Å². The number of fused-ring (bicyclic) bond motifs is 1. The van der Waals surface area contributed by atoms with Crippen molar-refractivity contribution in [2.24, 2.45) is 23.7 Å². The molecule has 6 unspecified atom stereocenters. The summed E-state index contributed by atoms with van der Waals surface area (Å²) in [6, 6.07) is 0. The first-order valence-electron chi connectivity index (χ1n) is 8.38. The van der Waals surface area contributed by atoms with Gasteiger partial charge < -0.3 is 14.2 Å². The lowest BCUT2D eigenvalue weighted by molar-refractivity contribution is -0.0558. The Labute approximate surface area is 135 Å². The summed E-state index contributed by atoms with van der Waals surface area (Å²) < 4.78 is 48.6. The minimum absolute atomic E-state index is 0.0815. The Hall–Kier alpha value is -0.860. The topological polar surface area (TPSA) is 99.1 Å². The van der Waals surface area contributed by atoms with E-state index in [1.807, 2.05) is 0 Å². The summed E-state index contributed by atoms with van der Waals surface area (Å²) in [6.07, 6.45) is 3.54. The average Bonchev–Trinajstić information content (AvgIpc) is 3.18. The molecule has 6 atom stereocenters. The Balaban J connectivity index is 1.41. The molecular formula is C15H22O7S. The molecule has 7 nitrogen and oxygen atoms in total. The van der Waals surface area contributed by atoms with E-state index in [-0.39, 0.29) is 24.0 Å². The molecule has 0 amide bonds. The molecule has 4 rings (SSSR count). The lowest BCUT2D eigenvalue weighted by Crippen LogP contribution is -2.39. The van der Waals surface area contributed by atoms with Crippen LogP contribution in [0.4, 0.5) is 4.79 Å². The van der Waals surface area contributed by atoms with Gasteiger partial charge in [-0.3, -0.25) is 4.55 Å². The fraction of sp³-hybridized carbons (Fsp3) is 0.933. The van der Waals surface area contributed by atoms with E-state index < -0.39 is 21.7 Å². The van der Waals surface area contributed by atoms with Crippen LogP contribution in [-0.4, -0.2) is 43.4 Å². The number of carbonyl (C=O) groups is 1. The lowest BCUT2D eigenvalue weighted by Gasteiger charge is -2.27. The summed E-state index contributed by atoms with van der Waals surface area (Å²) in [4.78, 5) is 12.1. The van der Waals surface area contributed by atoms with Crippen LogP contribution < -0.4 is 0 Å². The molecule has 0 radical (unpaired) electrons. The van der Waals surface area contributed by atoms with Gasteiger partial charge in [-0.15, -0.1) is 0 Å². The number of hydrogen-bond acceptors (Lipinski definition) is 6. The molecule has 1 aliphatic heterocycles. The zero-order valence-electron chi connectivity index (χ0n) is 12.8. The number of ether oxygens (including phenoxy) is 3. The fourth-order valence-corrected chi connectivity index (χ4v) is 6.01. The van der Waals surface area contributed by atoms with Crippen LogP contribution in [-0.2, 0) is 24.3 Å². The van der Waals surface area contributed by atoms with Gasteiger partial charge in [0.05, 0.1) is 12.7 Å². The molecular weight excluding hydrogens is 324 g/mol. The standard InChI is InChI=1S/C15H22O7S/c16-15(22-14(23(17,18)19)8-3-1-2-4-8)21-12-9-5-10-7-20-13(12)11(10)6-9/h8-14H,1-7H2,(H,17,18,19). The van der Waals surface area contributed by atoms with E-state index >= 15 is 0 Å². The van der Waals surface area contributed by atoms with Gasteiger partial charge in [0.15, 0.2) is 0 Å². The Morgan fingerprint density at radius 2 is 1.91 bits per heavy atom. The minimum Gasteiger partial charge on any atom is -0.428 e. The molecule has 4 aliphatic rings. The lowest BCUT2D eigenvalue weighted by atomic mass is 9.88. The maximum absolute atomic E-state index is 12.1. The van der Waals surface area contributed by atoms with Gasteiger partial charge in [-0.25, -0.2) is 4.79 Å². The zero-order chi connectivity index (χ0) is 16.2. The molecule has 0 aromatic heterocycles. The molecule has 0 spiro atoms. The van der Waals surface area contributed by atoms with Crippen molar-refractivity contribution in [3.05, 3.63) is 0 Å². The highest BCUT2D eigenvalue weighted by molar-refractivity contribution is 7.86. The van der Waals surface area contributed by atoms with Crippen molar-refractivity contribution in [1.82, 2.24) is 0 Å². The largest absolute Gasteiger partial charge is 0.510 e. The summed E-state index contributed by atoms with van der Waals surface area (Å²) in [5.41, 5.74) is -1.52. The second-order valence-electron chi connectivity index (χ2n) is 7.33. The second kappa shape index (κ2) is 5.60. The first kappa shape index (κ1) is 15.7. The summed E-state index contributed by atoms with van der Waals surface area (Å²) in [5, 5.41) is 0. The van der Waals surface area contributed by atoms with E-state index in [0.29, 0.717) is 24.7 Å². The monoisotopic (exact) mass is 346 g/mol. The third-order valence-electron chi connectivity index (χ3n) is 6.02. The summed E-state index contributed by atoms with van der Waals surface area (Å²) in [5.74, 6) is 0.945. The van der Waals surface area contributed by atoms with Crippen molar-refractivity contribution in [2.45, 2.75) is 56.2 Å². The molecule has 2 bridgehead atoms. The third-order valence-corrected chi connectivity index (χ3v) is 7.09. The molecule has 1 N–H and O–H groups in total. The van der Waals surface area contributed by atoms with Crippen molar-refractivity contribution in [2.75, 3.05) is 6.61 Å². The van der Waals surface area contributed by atoms with E-state index in [1.165, 1.54) is 0 Å². The van der Waals surface area contributed by atoms with Crippen molar-refractivity contribution in [1.29, 1.82) is 0 Å². The smallest absolute Gasteiger partial charge is 0.428 e. The normalized spacial score (nSPS) is 40.5. The van der Waals surface area contributed by atoms with Gasteiger partial charge in [0.1, 0.15) is 6.10 Å². The Morgan fingerprint density at radius 1 is 1.17 bits per heavy atom. The van der Waals surface area contributed by atoms with Gasteiger partial charge in [0.25, 0.3) is 0 Å². The Bertz CT molecular complexity index is 581. The highest BCUT2D eigenvalue weighted by Crippen LogP contribution is 2.54. The summed E-state index contributed by atoms with van der Waals surface area (Å²) in [7, 11) is -4.45. The molecule has 130 valence electrons. The van der Waals surface area contributed by atoms with Crippen LogP contribution in [0.25, 0.3) is 0 Å². The number of carbonyl (C=O) groups excluding carboxylic acids is 1. The second-order valence-corrected chi connectivity index (χ2v) is 8.83.